The Bertz CT molecular complexity index is 1110. The van der Waals surface area contributed by atoms with Crippen LogP contribution in [0.2, 0.25) is 10.0 Å². The van der Waals surface area contributed by atoms with Gasteiger partial charge in [0.25, 0.3) is 5.91 Å². The number of ether oxygens (including phenoxy) is 1. The fourth-order valence-electron chi connectivity index (χ4n) is 4.74. The number of benzene rings is 2. The van der Waals surface area contributed by atoms with Gasteiger partial charge in [0.1, 0.15) is 11.1 Å². The van der Waals surface area contributed by atoms with Crippen molar-refractivity contribution in [3.8, 4) is 0 Å². The number of anilines is 1. The summed E-state index contributed by atoms with van der Waals surface area (Å²) in [4.78, 5) is 43.1. The molecule has 1 aliphatic heterocycles. The molecule has 0 bridgehead atoms. The van der Waals surface area contributed by atoms with Gasteiger partial charge in [-0.3, -0.25) is 4.79 Å². The first-order chi connectivity index (χ1) is 15.4. The second-order valence-electron chi connectivity index (χ2n) is 9.29. The van der Waals surface area contributed by atoms with Gasteiger partial charge in [-0.1, -0.05) is 51.3 Å². The van der Waals surface area contributed by atoms with Crippen LogP contribution in [0.1, 0.15) is 51.5 Å². The van der Waals surface area contributed by atoms with E-state index in [4.69, 9.17) is 27.9 Å². The molecule has 1 saturated heterocycles. The first kappa shape index (κ1) is 24.0. The van der Waals surface area contributed by atoms with E-state index in [-0.39, 0.29) is 21.7 Å². The highest BCUT2D eigenvalue weighted by Crippen LogP contribution is 2.52. The van der Waals surface area contributed by atoms with Gasteiger partial charge in [-0.2, -0.15) is 0 Å². The van der Waals surface area contributed by atoms with Crippen LogP contribution in [0.3, 0.4) is 0 Å². The zero-order chi connectivity index (χ0) is 24.1. The molecule has 33 heavy (non-hydrogen) atoms. The minimum absolute atomic E-state index is 0.217. The summed E-state index contributed by atoms with van der Waals surface area (Å²) in [5, 5.41) is 0.553. The smallest absolute Gasteiger partial charge is 0.419 e. The number of hydrogen-bond acceptors (Lipinski definition) is 4. The van der Waals surface area contributed by atoms with Crippen LogP contribution in [-0.2, 0) is 9.53 Å². The third kappa shape index (κ3) is 4.27. The number of rotatable bonds is 2. The van der Waals surface area contributed by atoms with Gasteiger partial charge in [0.2, 0.25) is 0 Å². The second kappa shape index (κ2) is 8.60. The van der Waals surface area contributed by atoms with Crippen molar-refractivity contribution in [2.45, 2.75) is 57.1 Å². The highest BCUT2D eigenvalue weighted by atomic mass is 79.9. The van der Waals surface area contributed by atoms with E-state index in [1.165, 1.54) is 18.2 Å². The maximum absolute atomic E-state index is 14.1. The number of carbonyl (C=O) groups is 3. The highest BCUT2D eigenvalue weighted by Gasteiger charge is 2.66. The van der Waals surface area contributed by atoms with Gasteiger partial charge in [0.05, 0.1) is 5.69 Å². The number of imide groups is 2. The molecule has 4 amide bonds. The largest absolute Gasteiger partial charge is 0.443 e. The Morgan fingerprint density at radius 2 is 1.70 bits per heavy atom. The van der Waals surface area contributed by atoms with Gasteiger partial charge in [-0.15, -0.1) is 0 Å². The molecule has 1 heterocycles. The van der Waals surface area contributed by atoms with Crippen molar-refractivity contribution >= 4 is 62.9 Å². The van der Waals surface area contributed by atoms with Crippen molar-refractivity contribution in [1.29, 1.82) is 0 Å². The number of urea groups is 1. The average molecular weight is 554 g/mol. The summed E-state index contributed by atoms with van der Waals surface area (Å²) >= 11 is 15.7. The molecule has 1 saturated carbocycles. The lowest BCUT2D eigenvalue weighted by atomic mass is 9.80. The Kier molecular flexibility index (Phi) is 6.27. The van der Waals surface area contributed by atoms with Crippen molar-refractivity contribution in [3.05, 3.63) is 62.5 Å². The van der Waals surface area contributed by atoms with Crippen LogP contribution in [0.5, 0.6) is 0 Å². The van der Waals surface area contributed by atoms with Crippen molar-refractivity contribution in [2.24, 2.45) is 0 Å². The normalized spacial score (nSPS) is 23.0. The van der Waals surface area contributed by atoms with Gasteiger partial charge in [0.15, 0.2) is 0 Å². The highest BCUT2D eigenvalue weighted by molar-refractivity contribution is 9.10. The van der Waals surface area contributed by atoms with Crippen LogP contribution >= 0.6 is 39.1 Å². The lowest BCUT2D eigenvalue weighted by Crippen LogP contribution is -2.55. The fraction of sp³-hybridized carbons (Fsp3) is 0.375. The third-order valence-electron chi connectivity index (χ3n) is 5.94. The Hall–Kier alpha value is -2.09. The standard InChI is InChI=1S/C24H23BrCl2N2O4/c1-23(2,3)33-22(32)29-21(31)28(18-12-16(26)11-17(27)13-18)20(30)24(29)10-4-5-19(24)14-6-8-15(25)9-7-14/h6-9,11-13,19H,4-5,10H2,1-3H3/t19-,24+/m0/s1. The van der Waals surface area contributed by atoms with Crippen molar-refractivity contribution in [2.75, 3.05) is 4.90 Å². The summed E-state index contributed by atoms with van der Waals surface area (Å²) in [5.74, 6) is -0.865. The van der Waals surface area contributed by atoms with Crippen molar-refractivity contribution in [1.82, 2.24) is 4.90 Å². The molecule has 2 aliphatic rings. The van der Waals surface area contributed by atoms with Gasteiger partial charge in [-0.25, -0.2) is 19.4 Å². The van der Waals surface area contributed by atoms with Crippen molar-refractivity contribution in [3.63, 3.8) is 0 Å². The van der Waals surface area contributed by atoms with E-state index < -0.39 is 29.2 Å². The van der Waals surface area contributed by atoms with Crippen LogP contribution < -0.4 is 4.90 Å². The molecule has 9 heteroatoms. The van der Waals surface area contributed by atoms with Gasteiger partial charge in [0, 0.05) is 20.4 Å². The van der Waals surface area contributed by atoms with E-state index in [9.17, 15) is 14.4 Å². The number of carbonyl (C=O) groups excluding carboxylic acids is 3. The van der Waals surface area contributed by atoms with E-state index in [0.29, 0.717) is 19.3 Å². The molecule has 0 aromatic heterocycles. The number of amides is 4. The topological polar surface area (TPSA) is 66.9 Å². The molecular weight excluding hydrogens is 531 g/mol. The summed E-state index contributed by atoms with van der Waals surface area (Å²) in [5.41, 5.74) is -1.16. The molecule has 2 aromatic carbocycles. The maximum atomic E-state index is 14.1. The minimum atomic E-state index is -1.40. The molecule has 2 atom stereocenters. The lowest BCUT2D eigenvalue weighted by Gasteiger charge is -2.36. The molecule has 2 aromatic rings. The molecule has 4 rings (SSSR count). The molecule has 1 aliphatic carbocycles. The van der Waals surface area contributed by atoms with E-state index in [1.807, 2.05) is 24.3 Å². The zero-order valence-corrected chi connectivity index (χ0v) is 21.5. The lowest BCUT2D eigenvalue weighted by molar-refractivity contribution is -0.125. The summed E-state index contributed by atoms with van der Waals surface area (Å²) < 4.78 is 6.48. The van der Waals surface area contributed by atoms with E-state index >= 15 is 0 Å². The van der Waals surface area contributed by atoms with Gasteiger partial charge >= 0.3 is 12.1 Å². The molecule has 2 fully saturated rings. The minimum Gasteiger partial charge on any atom is -0.443 e. The quantitative estimate of drug-likeness (QED) is 0.370. The SMILES string of the molecule is CC(C)(C)OC(=O)N1C(=O)N(c2cc(Cl)cc(Cl)c2)C(=O)[C@]12CCC[C@H]2c1ccc(Br)cc1. The van der Waals surface area contributed by atoms with E-state index in [0.717, 1.165) is 19.8 Å². The molecule has 6 nitrogen and oxygen atoms in total. The van der Waals surface area contributed by atoms with E-state index in [1.54, 1.807) is 20.8 Å². The predicted octanol–water partition coefficient (Wildman–Crippen LogP) is 7.17. The first-order valence-corrected chi connectivity index (χ1v) is 12.1. The van der Waals surface area contributed by atoms with Crippen LogP contribution in [0.15, 0.2) is 46.9 Å². The Balaban J connectivity index is 1.87. The monoisotopic (exact) mass is 552 g/mol. The Morgan fingerprint density at radius 3 is 2.27 bits per heavy atom. The fourth-order valence-corrected chi connectivity index (χ4v) is 5.52. The maximum Gasteiger partial charge on any atom is 0.419 e. The average Bonchev–Trinajstić information content (AvgIpc) is 3.20. The number of hydrogen-bond donors (Lipinski definition) is 0. The zero-order valence-electron chi connectivity index (χ0n) is 18.4. The van der Waals surface area contributed by atoms with E-state index in [2.05, 4.69) is 15.9 Å². The van der Waals surface area contributed by atoms with Crippen LogP contribution in [0.25, 0.3) is 0 Å². The van der Waals surface area contributed by atoms with Gasteiger partial charge < -0.3 is 4.74 Å². The number of halogens is 3. The van der Waals surface area contributed by atoms with Crippen LogP contribution in [0.4, 0.5) is 15.3 Å². The van der Waals surface area contributed by atoms with Crippen LogP contribution in [-0.4, -0.2) is 34.1 Å². The first-order valence-electron chi connectivity index (χ1n) is 10.6. The van der Waals surface area contributed by atoms with Crippen LogP contribution in [0, 0.1) is 0 Å². The summed E-state index contributed by atoms with van der Waals surface area (Å²) in [6, 6.07) is 11.3. The second-order valence-corrected chi connectivity index (χ2v) is 11.1. The molecular formula is C24H23BrCl2N2O4. The molecule has 0 unspecified atom stereocenters. The molecule has 174 valence electrons. The van der Waals surface area contributed by atoms with Crippen molar-refractivity contribution < 1.29 is 19.1 Å². The Morgan fingerprint density at radius 1 is 1.09 bits per heavy atom. The van der Waals surface area contributed by atoms with Gasteiger partial charge in [-0.05, 0) is 75.9 Å². The molecule has 1 spiro atoms. The molecule has 0 N–H and O–H groups in total. The third-order valence-corrected chi connectivity index (χ3v) is 6.90. The predicted molar refractivity (Wildman–Crippen MR) is 131 cm³/mol. The Labute approximate surface area is 210 Å². The molecule has 0 radical (unpaired) electrons. The number of nitrogens with zero attached hydrogens (tertiary/aromatic N) is 2. The summed E-state index contributed by atoms with van der Waals surface area (Å²) in [7, 11) is 0. The summed E-state index contributed by atoms with van der Waals surface area (Å²) in [6.45, 7) is 5.15. The summed E-state index contributed by atoms with van der Waals surface area (Å²) in [6.07, 6.45) is 0.802.